The van der Waals surface area contributed by atoms with Crippen LogP contribution >= 0.6 is 23.2 Å². The molecule has 2 amide bonds. The number of hydrogen-bond acceptors (Lipinski definition) is 3. The molecule has 0 aliphatic carbocycles. The number of anilines is 1. The van der Waals surface area contributed by atoms with E-state index in [1.165, 1.54) is 16.0 Å². The minimum Gasteiger partial charge on any atom is -0.354 e. The van der Waals surface area contributed by atoms with Gasteiger partial charge in [0.25, 0.3) is 11.8 Å². The maximum absolute atomic E-state index is 13.4. The van der Waals surface area contributed by atoms with Gasteiger partial charge in [0.15, 0.2) is 0 Å². The molecule has 0 radical (unpaired) electrons. The predicted octanol–water partition coefficient (Wildman–Crippen LogP) is 3.96. The van der Waals surface area contributed by atoms with E-state index in [1.807, 2.05) is 24.0 Å². The summed E-state index contributed by atoms with van der Waals surface area (Å²) < 4.78 is 0. The monoisotopic (exact) mass is 506 g/mol. The van der Waals surface area contributed by atoms with Gasteiger partial charge in [-0.3, -0.25) is 9.59 Å². The molecule has 2 aliphatic heterocycles. The molecule has 1 fully saturated rings. The molecule has 0 bridgehead atoms. The van der Waals surface area contributed by atoms with Gasteiger partial charge in [0.2, 0.25) is 0 Å². The van der Waals surface area contributed by atoms with Crippen LogP contribution in [0, 0.1) is 6.92 Å². The van der Waals surface area contributed by atoms with Crippen LogP contribution in [0.15, 0.2) is 89.6 Å². The number of carbonyl (C=O) groups is 2. The number of rotatable bonds is 5. The Balaban J connectivity index is 1.36. The Morgan fingerprint density at radius 2 is 1.37 bits per heavy atom. The number of amides is 2. The van der Waals surface area contributed by atoms with Gasteiger partial charge in [0, 0.05) is 16.1 Å². The second-order valence-electron chi connectivity index (χ2n) is 8.94. The van der Waals surface area contributed by atoms with Crippen molar-refractivity contribution in [2.24, 2.45) is 0 Å². The second-order valence-corrected chi connectivity index (χ2v) is 9.73. The molecule has 0 atom stereocenters. The molecule has 3 aromatic rings. The fourth-order valence-electron chi connectivity index (χ4n) is 4.98. The lowest BCUT2D eigenvalue weighted by Crippen LogP contribution is -3.15. The van der Waals surface area contributed by atoms with Crippen molar-refractivity contribution in [2.45, 2.75) is 13.0 Å². The molecule has 0 unspecified atom stereocenters. The van der Waals surface area contributed by atoms with E-state index < -0.39 is 11.8 Å². The number of piperazine rings is 1. The molecule has 1 saturated heterocycles. The summed E-state index contributed by atoms with van der Waals surface area (Å²) in [5, 5.41) is 0.468. The van der Waals surface area contributed by atoms with Crippen molar-refractivity contribution in [2.75, 3.05) is 31.1 Å². The summed E-state index contributed by atoms with van der Waals surface area (Å²) in [6, 6.07) is 26.3. The third-order valence-electron chi connectivity index (χ3n) is 6.81. The molecule has 0 spiro atoms. The van der Waals surface area contributed by atoms with Gasteiger partial charge in [-0.05, 0) is 24.6 Å². The molecule has 2 aliphatic rings. The number of carbonyl (C=O) groups excluding carboxylic acids is 2. The minimum atomic E-state index is -0.507. The van der Waals surface area contributed by atoms with Gasteiger partial charge in [-0.15, -0.1) is 0 Å². The Hall–Kier alpha value is -3.12. The van der Waals surface area contributed by atoms with E-state index in [0.29, 0.717) is 23.8 Å². The number of aryl methyl sites for hydroxylation is 1. The third-order valence-corrected chi connectivity index (χ3v) is 7.56. The van der Waals surface area contributed by atoms with E-state index in [2.05, 4.69) is 48.5 Å². The lowest BCUT2D eigenvalue weighted by Gasteiger charge is -2.38. The van der Waals surface area contributed by atoms with Crippen molar-refractivity contribution in [3.8, 4) is 0 Å². The largest absolute Gasteiger partial charge is 0.354 e. The normalized spacial score (nSPS) is 17.1. The Morgan fingerprint density at radius 1 is 0.800 bits per heavy atom. The van der Waals surface area contributed by atoms with E-state index >= 15 is 0 Å². The number of hydrogen-bond donors (Lipinski definition) is 1. The van der Waals surface area contributed by atoms with E-state index in [1.54, 1.807) is 18.2 Å². The lowest BCUT2D eigenvalue weighted by atomic mass is 9.96. The van der Waals surface area contributed by atoms with E-state index in [9.17, 15) is 9.59 Å². The Morgan fingerprint density at radius 3 is 1.91 bits per heavy atom. The van der Waals surface area contributed by atoms with Crippen LogP contribution in [0.3, 0.4) is 0 Å². The smallest absolute Gasteiger partial charge is 0.283 e. The molecule has 2 heterocycles. The average molecular weight is 507 g/mol. The molecule has 0 aromatic heterocycles. The summed E-state index contributed by atoms with van der Waals surface area (Å²) in [5.41, 5.74) is 4.10. The molecule has 7 heteroatoms. The highest BCUT2D eigenvalue weighted by molar-refractivity contribution is 6.52. The first-order valence-electron chi connectivity index (χ1n) is 11.7. The molecular formula is C28H26Cl2N3O2+. The van der Waals surface area contributed by atoms with Gasteiger partial charge < -0.3 is 9.80 Å². The first kappa shape index (κ1) is 23.6. The van der Waals surface area contributed by atoms with Crippen LogP contribution < -0.4 is 9.80 Å². The number of nitrogens with one attached hydrogen (secondary N) is 1. The highest BCUT2D eigenvalue weighted by atomic mass is 35.5. The zero-order valence-corrected chi connectivity index (χ0v) is 20.9. The van der Waals surface area contributed by atoms with Crippen LogP contribution in [0.2, 0.25) is 5.02 Å². The number of halogens is 2. The zero-order chi connectivity index (χ0) is 24.5. The molecule has 35 heavy (non-hydrogen) atoms. The van der Waals surface area contributed by atoms with E-state index in [0.717, 1.165) is 23.6 Å². The number of quaternary nitrogens is 1. The van der Waals surface area contributed by atoms with Gasteiger partial charge >= 0.3 is 0 Å². The van der Waals surface area contributed by atoms with Crippen molar-refractivity contribution in [1.82, 2.24) is 4.90 Å². The number of imide groups is 1. The maximum Gasteiger partial charge on any atom is 0.283 e. The average Bonchev–Trinajstić information content (AvgIpc) is 3.11. The first-order valence-corrected chi connectivity index (χ1v) is 12.5. The number of nitrogens with zero attached hydrogens (tertiary/aromatic N) is 2. The maximum atomic E-state index is 13.4. The summed E-state index contributed by atoms with van der Waals surface area (Å²) in [4.78, 5) is 30.8. The summed E-state index contributed by atoms with van der Waals surface area (Å²) in [6.45, 7) is 4.73. The van der Waals surface area contributed by atoms with Crippen LogP contribution in [0.4, 0.5) is 5.69 Å². The molecule has 3 aromatic carbocycles. The zero-order valence-electron chi connectivity index (χ0n) is 19.4. The molecular weight excluding hydrogens is 481 g/mol. The van der Waals surface area contributed by atoms with Crippen molar-refractivity contribution in [3.63, 3.8) is 0 Å². The Kier molecular flexibility index (Phi) is 6.65. The van der Waals surface area contributed by atoms with Crippen molar-refractivity contribution >= 4 is 40.7 Å². The topological polar surface area (TPSA) is 45.1 Å². The molecule has 5 nitrogen and oxygen atoms in total. The fraction of sp³-hybridized carbons (Fsp3) is 0.214. The summed E-state index contributed by atoms with van der Waals surface area (Å²) >= 11 is 12.7. The molecule has 0 saturated carbocycles. The van der Waals surface area contributed by atoms with E-state index in [-0.39, 0.29) is 16.8 Å². The van der Waals surface area contributed by atoms with Crippen LogP contribution in [-0.2, 0) is 9.59 Å². The highest BCUT2D eigenvalue weighted by Gasteiger charge is 2.43. The summed E-state index contributed by atoms with van der Waals surface area (Å²) in [6.07, 6.45) is 0. The van der Waals surface area contributed by atoms with Crippen LogP contribution in [0.5, 0.6) is 0 Å². The lowest BCUT2D eigenvalue weighted by molar-refractivity contribution is -0.929. The van der Waals surface area contributed by atoms with Crippen LogP contribution in [0.25, 0.3) is 0 Å². The van der Waals surface area contributed by atoms with Gasteiger partial charge in [0.05, 0.1) is 31.9 Å². The molecule has 5 rings (SSSR count). The van der Waals surface area contributed by atoms with Crippen molar-refractivity contribution < 1.29 is 14.5 Å². The standard InChI is InChI=1S/C28H25Cl2N3O2/c1-19-12-13-22(18-23(19)29)33-27(34)24(30)26(28(33)35)32-16-14-31(15-17-32)25(20-8-4-2-5-9-20)21-10-6-3-7-11-21/h2-13,18,25H,14-17H2,1H3/p+1. The fourth-order valence-corrected chi connectivity index (χ4v) is 5.44. The SMILES string of the molecule is Cc1ccc(N2C(=O)C(Cl)=C(N3CC[NH+](C(c4ccccc4)c4ccccc4)CC3)C2=O)cc1Cl. The summed E-state index contributed by atoms with van der Waals surface area (Å²) in [7, 11) is 0. The molecule has 1 N–H and O–H groups in total. The third kappa shape index (κ3) is 4.47. The van der Waals surface area contributed by atoms with Crippen LogP contribution in [0.1, 0.15) is 22.7 Å². The van der Waals surface area contributed by atoms with Crippen molar-refractivity contribution in [1.29, 1.82) is 0 Å². The van der Waals surface area contributed by atoms with Crippen LogP contribution in [-0.4, -0.2) is 42.9 Å². The Labute approximate surface area is 215 Å². The highest BCUT2D eigenvalue weighted by Crippen LogP contribution is 2.33. The van der Waals surface area contributed by atoms with Crippen molar-refractivity contribution in [3.05, 3.63) is 111 Å². The van der Waals surface area contributed by atoms with E-state index in [4.69, 9.17) is 23.2 Å². The second kappa shape index (κ2) is 9.86. The van der Waals surface area contributed by atoms with Gasteiger partial charge in [0.1, 0.15) is 16.8 Å². The van der Waals surface area contributed by atoms with Gasteiger partial charge in [-0.25, -0.2) is 4.90 Å². The quantitative estimate of drug-likeness (QED) is 0.532. The minimum absolute atomic E-state index is 0.0298. The molecule has 178 valence electrons. The van der Waals surface area contributed by atoms with Gasteiger partial charge in [-0.2, -0.15) is 0 Å². The Bertz CT molecular complexity index is 1250. The predicted molar refractivity (Wildman–Crippen MR) is 139 cm³/mol. The number of benzene rings is 3. The first-order chi connectivity index (χ1) is 17.0. The summed E-state index contributed by atoms with van der Waals surface area (Å²) in [5.74, 6) is -0.904. The van der Waals surface area contributed by atoms with Gasteiger partial charge in [-0.1, -0.05) is 89.9 Å².